The third-order valence-corrected chi connectivity index (χ3v) is 8.39. The van der Waals surface area contributed by atoms with Gasteiger partial charge >= 0.3 is 6.18 Å². The lowest BCUT2D eigenvalue weighted by Crippen LogP contribution is -2.47. The van der Waals surface area contributed by atoms with Crippen molar-refractivity contribution in [3.8, 4) is 5.69 Å². The molecular formula is C24H30F4N4O5S. The third-order valence-electron chi connectivity index (χ3n) is 6.71. The maximum Gasteiger partial charge on any atom is 0.389 e. The minimum atomic E-state index is -4.41. The molecule has 0 bridgehead atoms. The van der Waals surface area contributed by atoms with Crippen LogP contribution in [0.5, 0.6) is 0 Å². The first kappa shape index (κ1) is 29.6. The number of aliphatic hydroxyl groups is 1. The number of aromatic nitrogens is 2. The monoisotopic (exact) mass is 562 g/mol. The number of hydrogen-bond donors (Lipinski definition) is 3. The first-order chi connectivity index (χ1) is 17.5. The van der Waals surface area contributed by atoms with Crippen LogP contribution in [0.15, 0.2) is 18.2 Å². The molecule has 210 valence electrons. The normalized spacial score (nSPS) is 20.3. The van der Waals surface area contributed by atoms with Gasteiger partial charge in [-0.15, -0.1) is 0 Å². The highest BCUT2D eigenvalue weighted by atomic mass is 32.2. The number of primary amides is 1. The van der Waals surface area contributed by atoms with E-state index in [4.69, 9.17) is 5.73 Å². The van der Waals surface area contributed by atoms with E-state index in [9.17, 15) is 36.3 Å². The third kappa shape index (κ3) is 6.90. The van der Waals surface area contributed by atoms with Gasteiger partial charge in [-0.1, -0.05) is 13.0 Å². The number of rotatable bonds is 9. The molecule has 0 saturated heterocycles. The number of benzene rings is 1. The zero-order chi connectivity index (χ0) is 28.5. The molecule has 1 aromatic heterocycles. The van der Waals surface area contributed by atoms with Crippen molar-refractivity contribution in [3.05, 3.63) is 46.8 Å². The molecule has 0 atom stereocenters. The summed E-state index contributed by atoms with van der Waals surface area (Å²) < 4.78 is 77.2. The van der Waals surface area contributed by atoms with Gasteiger partial charge in [0.05, 0.1) is 16.5 Å². The topological polar surface area (TPSA) is 144 Å². The van der Waals surface area contributed by atoms with Gasteiger partial charge in [-0.3, -0.25) is 14.2 Å². The van der Waals surface area contributed by atoms with Gasteiger partial charge in [0.25, 0.3) is 11.8 Å². The molecule has 1 heterocycles. The minimum Gasteiger partial charge on any atom is -0.388 e. The molecule has 3 rings (SSSR count). The minimum absolute atomic E-state index is 0.0965. The van der Waals surface area contributed by atoms with E-state index in [1.807, 2.05) is 0 Å². The Morgan fingerprint density at radius 1 is 1.26 bits per heavy atom. The van der Waals surface area contributed by atoms with Crippen LogP contribution >= 0.6 is 0 Å². The van der Waals surface area contributed by atoms with Crippen molar-refractivity contribution in [2.24, 2.45) is 5.73 Å². The van der Waals surface area contributed by atoms with Crippen molar-refractivity contribution in [1.82, 2.24) is 14.9 Å². The smallest absolute Gasteiger partial charge is 0.388 e. The van der Waals surface area contributed by atoms with E-state index in [1.165, 1.54) is 12.1 Å². The summed E-state index contributed by atoms with van der Waals surface area (Å²) in [6.45, 7) is 1.40. The van der Waals surface area contributed by atoms with E-state index in [0.29, 0.717) is 0 Å². The van der Waals surface area contributed by atoms with Crippen LogP contribution in [0.4, 0.5) is 17.6 Å². The van der Waals surface area contributed by atoms with Crippen LogP contribution in [-0.4, -0.2) is 64.7 Å². The Morgan fingerprint density at radius 2 is 1.89 bits per heavy atom. The van der Waals surface area contributed by atoms with Gasteiger partial charge in [0.1, 0.15) is 27.2 Å². The van der Waals surface area contributed by atoms with Crippen LogP contribution in [-0.2, 0) is 22.7 Å². The highest BCUT2D eigenvalue weighted by Gasteiger charge is 2.37. The van der Waals surface area contributed by atoms with Gasteiger partial charge < -0.3 is 16.2 Å². The molecule has 0 unspecified atom stereocenters. The fourth-order valence-electron chi connectivity index (χ4n) is 4.58. The number of hydrogen-bond acceptors (Lipinski definition) is 6. The molecule has 14 heteroatoms. The molecule has 0 spiro atoms. The molecule has 9 nitrogen and oxygen atoms in total. The SMILES string of the molecule is CCc1nc(C(=O)NC[C@]2(O)CC[C@@H](S(C)(=O)=O)CC2)c(C(N)=O)n1-c1ccc(CCC(F)(F)F)cc1F. The summed E-state index contributed by atoms with van der Waals surface area (Å²) in [6, 6.07) is 3.41. The van der Waals surface area contributed by atoms with Gasteiger partial charge in [-0.25, -0.2) is 17.8 Å². The van der Waals surface area contributed by atoms with Crippen molar-refractivity contribution in [2.45, 2.75) is 68.9 Å². The van der Waals surface area contributed by atoms with E-state index < -0.39 is 68.7 Å². The Morgan fingerprint density at radius 3 is 2.39 bits per heavy atom. The number of carbonyl (C=O) groups excluding carboxylic acids is 2. The van der Waals surface area contributed by atoms with Crippen molar-refractivity contribution in [3.63, 3.8) is 0 Å². The van der Waals surface area contributed by atoms with Crippen molar-refractivity contribution < 1.29 is 40.7 Å². The van der Waals surface area contributed by atoms with Gasteiger partial charge in [-0.2, -0.15) is 13.2 Å². The number of nitrogens with two attached hydrogens (primary N) is 1. The fourth-order valence-corrected chi connectivity index (χ4v) is 5.68. The maximum absolute atomic E-state index is 15.0. The van der Waals surface area contributed by atoms with Gasteiger partial charge in [0, 0.05) is 25.6 Å². The lowest BCUT2D eigenvalue weighted by molar-refractivity contribution is -0.134. The fraction of sp³-hybridized carbons (Fsp3) is 0.542. The van der Waals surface area contributed by atoms with Gasteiger partial charge in [0.15, 0.2) is 5.69 Å². The molecular weight excluding hydrogens is 532 g/mol. The van der Waals surface area contributed by atoms with E-state index in [2.05, 4.69) is 10.3 Å². The first-order valence-corrected chi connectivity index (χ1v) is 14.0. The number of nitrogens with one attached hydrogen (secondary N) is 1. The number of amides is 2. The van der Waals surface area contributed by atoms with Crippen LogP contribution < -0.4 is 11.1 Å². The van der Waals surface area contributed by atoms with Crippen LogP contribution in [0.1, 0.15) is 71.4 Å². The number of nitrogens with zero attached hydrogens (tertiary/aromatic N) is 2. The predicted molar refractivity (Wildman–Crippen MR) is 130 cm³/mol. The summed E-state index contributed by atoms with van der Waals surface area (Å²) in [5.41, 5.74) is 3.22. The Labute approximate surface area is 217 Å². The average molecular weight is 563 g/mol. The number of aryl methyl sites for hydroxylation is 2. The second-order valence-electron chi connectivity index (χ2n) is 9.62. The number of halogens is 4. The van der Waals surface area contributed by atoms with Crippen LogP contribution in [0.3, 0.4) is 0 Å². The first-order valence-electron chi connectivity index (χ1n) is 12.0. The Bertz CT molecular complexity index is 1320. The van der Waals surface area contributed by atoms with Gasteiger partial charge in [-0.05, 0) is 49.8 Å². The second-order valence-corrected chi connectivity index (χ2v) is 11.9. The average Bonchev–Trinajstić information content (AvgIpc) is 3.20. The summed E-state index contributed by atoms with van der Waals surface area (Å²) in [6.07, 6.45) is -3.96. The number of imidazole rings is 1. The number of carbonyl (C=O) groups is 2. The highest BCUT2D eigenvalue weighted by Crippen LogP contribution is 2.31. The highest BCUT2D eigenvalue weighted by molar-refractivity contribution is 7.91. The molecule has 0 radical (unpaired) electrons. The summed E-state index contributed by atoms with van der Waals surface area (Å²) in [7, 11) is -3.26. The van der Waals surface area contributed by atoms with Crippen molar-refractivity contribution >= 4 is 21.7 Å². The van der Waals surface area contributed by atoms with E-state index in [-0.39, 0.29) is 55.7 Å². The summed E-state index contributed by atoms with van der Waals surface area (Å²) >= 11 is 0. The van der Waals surface area contributed by atoms with Crippen LogP contribution in [0, 0.1) is 5.82 Å². The second kappa shape index (κ2) is 11.0. The molecule has 2 amide bonds. The maximum atomic E-state index is 15.0. The van der Waals surface area contributed by atoms with Crippen LogP contribution in [0.25, 0.3) is 5.69 Å². The molecule has 0 aliphatic heterocycles. The Balaban J connectivity index is 1.86. The standard InChI is InChI=1S/C24H30F4N4O5S/c1-3-18-31-19(22(34)30-13-23(35)9-7-15(8-10-23)38(2,36)37)20(21(29)33)32(18)17-5-4-14(12-16(17)25)6-11-24(26,27)28/h4-5,12,15,35H,3,6-11,13H2,1-2H3,(H2,29,33)(H,30,34)/t15-,23+. The summed E-state index contributed by atoms with van der Waals surface area (Å²) in [4.78, 5) is 29.5. The molecule has 1 saturated carbocycles. The Hall–Kier alpha value is -3.00. The molecule has 1 aromatic carbocycles. The summed E-state index contributed by atoms with van der Waals surface area (Å²) in [5, 5.41) is 12.8. The van der Waals surface area contributed by atoms with Gasteiger partial charge in [0.2, 0.25) is 0 Å². The zero-order valence-electron chi connectivity index (χ0n) is 20.9. The largest absolute Gasteiger partial charge is 0.389 e. The van der Waals surface area contributed by atoms with E-state index >= 15 is 4.39 Å². The quantitative estimate of drug-likeness (QED) is 0.401. The summed E-state index contributed by atoms with van der Waals surface area (Å²) in [5.74, 6) is -2.76. The van der Waals surface area contributed by atoms with Crippen molar-refractivity contribution in [2.75, 3.05) is 12.8 Å². The Kier molecular flexibility index (Phi) is 8.56. The molecule has 1 aliphatic rings. The molecule has 4 N–H and O–H groups in total. The van der Waals surface area contributed by atoms with E-state index in [0.717, 1.165) is 16.9 Å². The number of alkyl halides is 3. The van der Waals surface area contributed by atoms with E-state index in [1.54, 1.807) is 6.92 Å². The number of sulfone groups is 1. The zero-order valence-corrected chi connectivity index (χ0v) is 21.8. The molecule has 1 fully saturated rings. The predicted octanol–water partition coefficient (Wildman–Crippen LogP) is 2.62. The molecule has 38 heavy (non-hydrogen) atoms. The lowest BCUT2D eigenvalue weighted by atomic mass is 9.84. The van der Waals surface area contributed by atoms with Crippen molar-refractivity contribution in [1.29, 1.82) is 0 Å². The van der Waals surface area contributed by atoms with Crippen LogP contribution in [0.2, 0.25) is 0 Å². The molecule has 2 aromatic rings. The molecule has 1 aliphatic carbocycles. The lowest BCUT2D eigenvalue weighted by Gasteiger charge is -2.35.